The lowest BCUT2D eigenvalue weighted by atomic mass is 10.0. The molecule has 0 aliphatic carbocycles. The van der Waals surface area contributed by atoms with Crippen molar-refractivity contribution in [1.29, 1.82) is 0 Å². The van der Waals surface area contributed by atoms with E-state index < -0.39 is 5.95 Å². The molecule has 0 bridgehead atoms. The monoisotopic (exact) mass is 202 g/mol. The van der Waals surface area contributed by atoms with Gasteiger partial charge in [-0.1, -0.05) is 6.07 Å². The fourth-order valence-electron chi connectivity index (χ4n) is 1.34. The van der Waals surface area contributed by atoms with Crippen LogP contribution in [-0.4, -0.2) is 16.3 Å². The maximum Gasteiger partial charge on any atom is 0.221 e. The van der Waals surface area contributed by atoms with Gasteiger partial charge < -0.3 is 0 Å². The van der Waals surface area contributed by atoms with Crippen LogP contribution in [0.3, 0.4) is 0 Å². The summed E-state index contributed by atoms with van der Waals surface area (Å²) in [6.45, 7) is 0. The maximum absolute atomic E-state index is 13.4. The molecule has 0 fully saturated rings. The number of pyridine rings is 2. The molecule has 0 spiro atoms. The van der Waals surface area contributed by atoms with E-state index in [1.165, 1.54) is 18.5 Å². The van der Waals surface area contributed by atoms with Crippen molar-refractivity contribution >= 4 is 6.29 Å². The molecule has 74 valence electrons. The molecule has 0 amide bonds. The first-order valence-electron chi connectivity index (χ1n) is 4.33. The summed E-state index contributed by atoms with van der Waals surface area (Å²) < 4.78 is 13.4. The Bertz CT molecular complexity index is 485. The van der Waals surface area contributed by atoms with Crippen molar-refractivity contribution < 1.29 is 9.18 Å². The van der Waals surface area contributed by atoms with E-state index in [9.17, 15) is 9.18 Å². The summed E-state index contributed by atoms with van der Waals surface area (Å²) in [6, 6.07) is 4.83. The average molecular weight is 202 g/mol. The normalized spacial score (nSPS) is 9.93. The number of rotatable bonds is 2. The van der Waals surface area contributed by atoms with Crippen LogP contribution in [0.5, 0.6) is 0 Å². The average Bonchev–Trinajstić information content (AvgIpc) is 2.29. The van der Waals surface area contributed by atoms with Gasteiger partial charge in [0.15, 0.2) is 6.29 Å². The van der Waals surface area contributed by atoms with Crippen molar-refractivity contribution in [3.8, 4) is 11.1 Å². The van der Waals surface area contributed by atoms with Crippen LogP contribution in [0.25, 0.3) is 11.1 Å². The van der Waals surface area contributed by atoms with Crippen LogP contribution in [0.15, 0.2) is 36.8 Å². The zero-order chi connectivity index (χ0) is 10.7. The van der Waals surface area contributed by atoms with Crippen LogP contribution < -0.4 is 0 Å². The molecule has 0 unspecified atom stereocenters. The lowest BCUT2D eigenvalue weighted by Gasteiger charge is -2.04. The van der Waals surface area contributed by atoms with E-state index in [0.29, 0.717) is 11.8 Å². The zero-order valence-corrected chi connectivity index (χ0v) is 7.72. The molecule has 0 saturated carbocycles. The number of aromatic nitrogens is 2. The summed E-state index contributed by atoms with van der Waals surface area (Å²) in [5, 5.41) is 0. The molecule has 0 aromatic carbocycles. The third-order valence-corrected chi connectivity index (χ3v) is 2.01. The number of aldehydes is 1. The second-order valence-electron chi connectivity index (χ2n) is 2.93. The Hall–Kier alpha value is -2.10. The summed E-state index contributed by atoms with van der Waals surface area (Å²) in [7, 11) is 0. The second-order valence-corrected chi connectivity index (χ2v) is 2.93. The highest BCUT2D eigenvalue weighted by Crippen LogP contribution is 2.23. The molecule has 2 aromatic heterocycles. The van der Waals surface area contributed by atoms with Crippen LogP contribution in [-0.2, 0) is 0 Å². The van der Waals surface area contributed by atoms with Gasteiger partial charge in [0.2, 0.25) is 5.95 Å². The SMILES string of the molecule is O=Cc1ccnc(F)c1-c1cccnc1. The molecule has 0 saturated heterocycles. The molecule has 0 N–H and O–H groups in total. The van der Waals surface area contributed by atoms with E-state index in [0.717, 1.165) is 0 Å². The van der Waals surface area contributed by atoms with Crippen molar-refractivity contribution in [2.75, 3.05) is 0 Å². The van der Waals surface area contributed by atoms with Gasteiger partial charge in [0.25, 0.3) is 0 Å². The van der Waals surface area contributed by atoms with Gasteiger partial charge in [-0.25, -0.2) is 4.98 Å². The summed E-state index contributed by atoms with van der Waals surface area (Å²) >= 11 is 0. The van der Waals surface area contributed by atoms with Crippen molar-refractivity contribution in [1.82, 2.24) is 9.97 Å². The van der Waals surface area contributed by atoms with Crippen molar-refractivity contribution in [3.63, 3.8) is 0 Å². The minimum absolute atomic E-state index is 0.195. The first-order valence-corrected chi connectivity index (χ1v) is 4.33. The van der Waals surface area contributed by atoms with Gasteiger partial charge >= 0.3 is 0 Å². The maximum atomic E-state index is 13.4. The highest BCUT2D eigenvalue weighted by atomic mass is 19.1. The molecule has 2 rings (SSSR count). The van der Waals surface area contributed by atoms with Crippen molar-refractivity contribution in [2.45, 2.75) is 0 Å². The van der Waals surface area contributed by atoms with Gasteiger partial charge in [-0.3, -0.25) is 9.78 Å². The fraction of sp³-hybridized carbons (Fsp3) is 0. The highest BCUT2D eigenvalue weighted by Gasteiger charge is 2.10. The predicted octanol–water partition coefficient (Wildman–Crippen LogP) is 2.10. The molecule has 0 atom stereocenters. The Kier molecular flexibility index (Phi) is 2.49. The van der Waals surface area contributed by atoms with Gasteiger partial charge in [-0.2, -0.15) is 4.39 Å². The summed E-state index contributed by atoms with van der Waals surface area (Å²) in [5.41, 5.74) is 1.02. The number of carbonyl (C=O) groups excluding carboxylic acids is 1. The lowest BCUT2D eigenvalue weighted by molar-refractivity contribution is 0.112. The van der Waals surface area contributed by atoms with Crippen molar-refractivity contribution in [3.05, 3.63) is 48.3 Å². The molecular weight excluding hydrogens is 195 g/mol. The quantitative estimate of drug-likeness (QED) is 0.553. The Morgan fingerprint density at radius 3 is 2.80 bits per heavy atom. The van der Waals surface area contributed by atoms with E-state index in [2.05, 4.69) is 9.97 Å². The van der Waals surface area contributed by atoms with E-state index >= 15 is 0 Å². The molecule has 15 heavy (non-hydrogen) atoms. The molecule has 0 aliphatic rings. The van der Waals surface area contributed by atoms with Crippen molar-refractivity contribution in [2.24, 2.45) is 0 Å². The van der Waals surface area contributed by atoms with Gasteiger partial charge in [0, 0.05) is 35.3 Å². The minimum Gasteiger partial charge on any atom is -0.298 e. The summed E-state index contributed by atoms with van der Waals surface area (Å²) in [6.07, 6.45) is 4.94. The van der Waals surface area contributed by atoms with Gasteiger partial charge in [0.05, 0.1) is 0 Å². The van der Waals surface area contributed by atoms with Gasteiger partial charge in [-0.05, 0) is 12.1 Å². The fourth-order valence-corrected chi connectivity index (χ4v) is 1.34. The van der Waals surface area contributed by atoms with E-state index in [1.54, 1.807) is 18.3 Å². The smallest absolute Gasteiger partial charge is 0.221 e. The van der Waals surface area contributed by atoms with Crippen LogP contribution in [0.1, 0.15) is 10.4 Å². The number of carbonyl (C=O) groups is 1. The minimum atomic E-state index is -0.660. The molecule has 3 nitrogen and oxygen atoms in total. The summed E-state index contributed by atoms with van der Waals surface area (Å²) in [4.78, 5) is 18.1. The standard InChI is InChI=1S/C11H7FN2O/c12-11-10(8-2-1-4-13-6-8)9(7-15)3-5-14-11/h1-7H. The Morgan fingerprint density at radius 1 is 1.27 bits per heavy atom. The van der Waals surface area contributed by atoms with E-state index in [1.807, 2.05) is 0 Å². The van der Waals surface area contributed by atoms with Crippen LogP contribution in [0, 0.1) is 5.95 Å². The predicted molar refractivity (Wildman–Crippen MR) is 52.8 cm³/mol. The third kappa shape index (κ3) is 1.74. The third-order valence-electron chi connectivity index (χ3n) is 2.01. The molecule has 0 aliphatic heterocycles. The van der Waals surface area contributed by atoms with Gasteiger partial charge in [0.1, 0.15) is 0 Å². The molecule has 0 radical (unpaired) electrons. The number of halogens is 1. The molecular formula is C11H7FN2O. The number of hydrogen-bond acceptors (Lipinski definition) is 3. The zero-order valence-electron chi connectivity index (χ0n) is 7.72. The first kappa shape index (κ1) is 9.45. The molecule has 4 heteroatoms. The van der Waals surface area contributed by atoms with E-state index in [4.69, 9.17) is 0 Å². The second kappa shape index (κ2) is 3.96. The Balaban J connectivity index is 2.66. The Labute approximate surface area is 85.6 Å². The largest absolute Gasteiger partial charge is 0.298 e. The summed E-state index contributed by atoms with van der Waals surface area (Å²) in [5.74, 6) is -0.660. The van der Waals surface area contributed by atoms with Crippen LogP contribution in [0.2, 0.25) is 0 Å². The first-order chi connectivity index (χ1) is 7.33. The van der Waals surface area contributed by atoms with Gasteiger partial charge in [-0.15, -0.1) is 0 Å². The van der Waals surface area contributed by atoms with E-state index in [-0.39, 0.29) is 11.1 Å². The number of hydrogen-bond donors (Lipinski definition) is 0. The lowest BCUT2D eigenvalue weighted by Crippen LogP contribution is -1.95. The van der Waals surface area contributed by atoms with Crippen LogP contribution >= 0.6 is 0 Å². The highest BCUT2D eigenvalue weighted by molar-refractivity contribution is 5.86. The topological polar surface area (TPSA) is 42.9 Å². The Morgan fingerprint density at radius 2 is 2.13 bits per heavy atom. The molecule has 2 heterocycles. The van der Waals surface area contributed by atoms with Crippen LogP contribution in [0.4, 0.5) is 4.39 Å². The molecule has 2 aromatic rings. The number of nitrogens with zero attached hydrogens (tertiary/aromatic N) is 2.